The summed E-state index contributed by atoms with van der Waals surface area (Å²) in [6.45, 7) is 0. The molecule has 1 aromatic carbocycles. The normalized spacial score (nSPS) is 16.8. The molecule has 1 atom stereocenters. The smallest absolute Gasteiger partial charge is 0.269 e. The SMILES string of the molecule is O=C([O-])c1cccnc1S[C@@H]1CC(=O)N(c2ccc([N+](=O)[O-])cc2)C1=O. The number of benzene rings is 1. The van der Waals surface area contributed by atoms with Gasteiger partial charge in [-0.1, -0.05) is 11.8 Å². The number of thioether (sulfide) groups is 1. The van der Waals surface area contributed by atoms with Crippen LogP contribution in [-0.4, -0.2) is 32.9 Å². The van der Waals surface area contributed by atoms with E-state index in [9.17, 15) is 29.6 Å². The highest BCUT2D eigenvalue weighted by atomic mass is 32.2. The Hall–Kier alpha value is -3.27. The number of carbonyl (C=O) groups is 3. The van der Waals surface area contributed by atoms with Crippen LogP contribution < -0.4 is 10.0 Å². The molecular weight excluding hydrogens is 362 g/mol. The van der Waals surface area contributed by atoms with Crippen LogP contribution >= 0.6 is 11.8 Å². The first-order chi connectivity index (χ1) is 12.4. The van der Waals surface area contributed by atoms with Gasteiger partial charge in [0.2, 0.25) is 11.8 Å². The van der Waals surface area contributed by atoms with E-state index < -0.39 is 28.0 Å². The molecule has 132 valence electrons. The minimum atomic E-state index is -1.43. The lowest BCUT2D eigenvalue weighted by molar-refractivity contribution is -0.384. The summed E-state index contributed by atoms with van der Waals surface area (Å²) in [6.07, 6.45) is 1.24. The molecule has 1 saturated heterocycles. The summed E-state index contributed by atoms with van der Waals surface area (Å²) in [6, 6.07) is 7.76. The summed E-state index contributed by atoms with van der Waals surface area (Å²) in [5.74, 6) is -2.44. The lowest BCUT2D eigenvalue weighted by atomic mass is 10.2. The van der Waals surface area contributed by atoms with Crippen molar-refractivity contribution in [2.45, 2.75) is 16.7 Å². The van der Waals surface area contributed by atoms with Crippen molar-refractivity contribution in [2.24, 2.45) is 0 Å². The monoisotopic (exact) mass is 372 g/mol. The van der Waals surface area contributed by atoms with Gasteiger partial charge in [-0.2, -0.15) is 0 Å². The van der Waals surface area contributed by atoms with Crippen LogP contribution in [0.15, 0.2) is 47.6 Å². The van der Waals surface area contributed by atoms with Crippen LogP contribution in [0.2, 0.25) is 0 Å². The maximum atomic E-state index is 12.6. The lowest BCUT2D eigenvalue weighted by Crippen LogP contribution is -2.31. The molecule has 0 N–H and O–H groups in total. The van der Waals surface area contributed by atoms with Crippen LogP contribution in [0.5, 0.6) is 0 Å². The van der Waals surface area contributed by atoms with Gasteiger partial charge >= 0.3 is 0 Å². The summed E-state index contributed by atoms with van der Waals surface area (Å²) < 4.78 is 0. The number of carboxylic acids is 1. The number of non-ortho nitro benzene ring substituents is 1. The molecule has 0 aliphatic carbocycles. The van der Waals surface area contributed by atoms with E-state index in [-0.39, 0.29) is 28.4 Å². The van der Waals surface area contributed by atoms with Gasteiger partial charge in [0.15, 0.2) is 0 Å². The Labute approximate surface area is 150 Å². The van der Waals surface area contributed by atoms with Gasteiger partial charge in [0.05, 0.1) is 21.8 Å². The largest absolute Gasteiger partial charge is 0.545 e. The number of nitro groups is 1. The van der Waals surface area contributed by atoms with Gasteiger partial charge in [-0.05, 0) is 24.3 Å². The number of hydrogen-bond acceptors (Lipinski definition) is 8. The molecule has 3 rings (SSSR count). The van der Waals surface area contributed by atoms with E-state index in [2.05, 4.69) is 4.98 Å². The Balaban J connectivity index is 1.83. The Bertz CT molecular complexity index is 914. The van der Waals surface area contributed by atoms with Crippen molar-refractivity contribution < 1.29 is 24.4 Å². The summed E-state index contributed by atoms with van der Waals surface area (Å²) >= 11 is 0.872. The first-order valence-electron chi connectivity index (χ1n) is 7.32. The Morgan fingerprint density at radius 1 is 1.23 bits per heavy atom. The standard InChI is InChI=1S/C16H11N3O6S/c20-13-8-12(26-14-11(16(22)23)2-1-7-17-14)15(21)18(13)9-3-5-10(6-4-9)19(24)25/h1-7,12H,8H2,(H,22,23)/p-1/t12-/m1/s1. The number of nitrogens with zero attached hydrogens (tertiary/aromatic N) is 3. The van der Waals surface area contributed by atoms with E-state index in [0.29, 0.717) is 0 Å². The number of aromatic carboxylic acids is 1. The maximum Gasteiger partial charge on any atom is 0.269 e. The van der Waals surface area contributed by atoms with Gasteiger partial charge in [0.25, 0.3) is 5.69 Å². The highest BCUT2D eigenvalue weighted by Gasteiger charge is 2.40. The molecule has 0 unspecified atom stereocenters. The molecule has 0 bridgehead atoms. The maximum absolute atomic E-state index is 12.6. The predicted octanol–water partition coefficient (Wildman–Crippen LogP) is 0.777. The number of nitro benzene ring substituents is 1. The molecular formula is C16H10N3O6S-. The number of carbonyl (C=O) groups excluding carboxylic acids is 3. The number of rotatable bonds is 5. The van der Waals surface area contributed by atoms with Crippen LogP contribution in [0.25, 0.3) is 0 Å². The van der Waals surface area contributed by atoms with Crippen molar-refractivity contribution >= 4 is 40.9 Å². The van der Waals surface area contributed by atoms with E-state index in [0.717, 1.165) is 16.7 Å². The first kappa shape index (κ1) is 17.5. The zero-order valence-corrected chi connectivity index (χ0v) is 13.8. The first-order valence-corrected chi connectivity index (χ1v) is 8.20. The number of anilines is 1. The average molecular weight is 372 g/mol. The third kappa shape index (κ3) is 3.26. The van der Waals surface area contributed by atoms with Gasteiger partial charge < -0.3 is 9.90 Å². The number of pyridine rings is 1. The molecule has 1 aliphatic rings. The predicted molar refractivity (Wildman–Crippen MR) is 88.4 cm³/mol. The molecule has 1 fully saturated rings. The summed E-state index contributed by atoms with van der Waals surface area (Å²) in [5, 5.41) is 21.1. The molecule has 2 amide bonds. The molecule has 2 heterocycles. The Morgan fingerprint density at radius 2 is 1.92 bits per heavy atom. The molecule has 1 aromatic heterocycles. The van der Waals surface area contributed by atoms with Crippen LogP contribution in [0.3, 0.4) is 0 Å². The fraction of sp³-hybridized carbons (Fsp3) is 0.125. The van der Waals surface area contributed by atoms with Gasteiger partial charge in [-0.15, -0.1) is 0 Å². The Kier molecular flexibility index (Phi) is 4.67. The second kappa shape index (κ2) is 6.92. The molecule has 2 aromatic rings. The van der Waals surface area contributed by atoms with Crippen LogP contribution in [0.4, 0.5) is 11.4 Å². The van der Waals surface area contributed by atoms with Crippen molar-refractivity contribution in [3.05, 3.63) is 58.3 Å². The highest BCUT2D eigenvalue weighted by molar-refractivity contribution is 8.00. The number of amides is 2. The van der Waals surface area contributed by atoms with Gasteiger partial charge in [-0.25, -0.2) is 9.88 Å². The molecule has 0 radical (unpaired) electrons. The third-order valence-corrected chi connectivity index (χ3v) is 4.87. The van der Waals surface area contributed by atoms with E-state index >= 15 is 0 Å². The second-order valence-electron chi connectivity index (χ2n) is 5.30. The van der Waals surface area contributed by atoms with Crippen molar-refractivity contribution in [3.63, 3.8) is 0 Å². The van der Waals surface area contributed by atoms with E-state index in [4.69, 9.17) is 0 Å². The second-order valence-corrected chi connectivity index (χ2v) is 6.49. The fourth-order valence-electron chi connectivity index (χ4n) is 2.47. The van der Waals surface area contributed by atoms with Crippen LogP contribution in [0.1, 0.15) is 16.8 Å². The zero-order chi connectivity index (χ0) is 18.8. The molecule has 10 heteroatoms. The number of carboxylic acid groups (broad SMARTS) is 1. The van der Waals surface area contributed by atoms with E-state index in [1.807, 2.05) is 0 Å². The van der Waals surface area contributed by atoms with E-state index in [1.54, 1.807) is 0 Å². The minimum absolute atomic E-state index is 0.0872. The van der Waals surface area contributed by atoms with Gasteiger partial charge in [0.1, 0.15) is 5.03 Å². The topological polar surface area (TPSA) is 134 Å². The zero-order valence-electron chi connectivity index (χ0n) is 13.0. The number of aromatic nitrogens is 1. The Morgan fingerprint density at radius 3 is 2.54 bits per heavy atom. The summed E-state index contributed by atoms with van der Waals surface area (Å²) in [7, 11) is 0. The molecule has 1 aliphatic heterocycles. The minimum Gasteiger partial charge on any atom is -0.545 e. The van der Waals surface area contributed by atoms with Crippen molar-refractivity contribution in [1.82, 2.24) is 4.98 Å². The van der Waals surface area contributed by atoms with Crippen LogP contribution in [-0.2, 0) is 9.59 Å². The number of hydrogen-bond donors (Lipinski definition) is 0. The van der Waals surface area contributed by atoms with Crippen molar-refractivity contribution in [3.8, 4) is 0 Å². The van der Waals surface area contributed by atoms with Gasteiger partial charge in [0, 0.05) is 30.3 Å². The molecule has 0 saturated carbocycles. The highest BCUT2D eigenvalue weighted by Crippen LogP contribution is 2.34. The fourth-order valence-corrected chi connectivity index (χ4v) is 3.57. The summed E-state index contributed by atoms with van der Waals surface area (Å²) in [5.41, 5.74) is -0.104. The third-order valence-electron chi connectivity index (χ3n) is 3.67. The van der Waals surface area contributed by atoms with Crippen molar-refractivity contribution in [2.75, 3.05) is 4.90 Å². The van der Waals surface area contributed by atoms with Crippen LogP contribution in [0, 0.1) is 10.1 Å². The molecule has 26 heavy (non-hydrogen) atoms. The molecule has 9 nitrogen and oxygen atoms in total. The molecule has 0 spiro atoms. The summed E-state index contributed by atoms with van der Waals surface area (Å²) in [4.78, 5) is 50.9. The number of imide groups is 1. The van der Waals surface area contributed by atoms with E-state index in [1.165, 1.54) is 42.6 Å². The average Bonchev–Trinajstić information content (AvgIpc) is 2.89. The lowest BCUT2D eigenvalue weighted by Gasteiger charge is -2.15. The quantitative estimate of drug-likeness (QED) is 0.427. The van der Waals surface area contributed by atoms with Gasteiger partial charge in [-0.3, -0.25) is 19.7 Å². The van der Waals surface area contributed by atoms with Crippen molar-refractivity contribution in [1.29, 1.82) is 0 Å².